The summed E-state index contributed by atoms with van der Waals surface area (Å²) in [5.74, 6) is -2.37. The minimum absolute atomic E-state index is 0.154. The van der Waals surface area contributed by atoms with Gasteiger partial charge in [-0.3, -0.25) is 14.5 Å². The maximum Gasteiger partial charge on any atom is 0.416 e. The van der Waals surface area contributed by atoms with Gasteiger partial charge in [-0.1, -0.05) is 19.9 Å². The first-order valence-electron chi connectivity index (χ1n) is 6.50. The summed E-state index contributed by atoms with van der Waals surface area (Å²) in [4.78, 5) is 23.9. The van der Waals surface area contributed by atoms with Gasteiger partial charge in [0.1, 0.15) is 6.54 Å². The van der Waals surface area contributed by atoms with E-state index in [9.17, 15) is 22.8 Å². The van der Waals surface area contributed by atoms with Gasteiger partial charge in [0.25, 0.3) is 0 Å². The number of carboxylic acids is 1. The molecule has 0 aliphatic heterocycles. The zero-order valence-corrected chi connectivity index (χ0v) is 12.1. The van der Waals surface area contributed by atoms with Crippen molar-refractivity contribution in [2.75, 3.05) is 11.4 Å². The normalized spacial score (nSPS) is 13.0. The van der Waals surface area contributed by atoms with Crippen LogP contribution in [0.25, 0.3) is 0 Å². The van der Waals surface area contributed by atoms with Crippen molar-refractivity contribution < 1.29 is 27.9 Å². The van der Waals surface area contributed by atoms with Crippen LogP contribution in [0.3, 0.4) is 0 Å². The van der Waals surface area contributed by atoms with E-state index in [-0.39, 0.29) is 11.6 Å². The van der Waals surface area contributed by atoms with Gasteiger partial charge in [0.15, 0.2) is 0 Å². The number of benzene rings is 1. The van der Waals surface area contributed by atoms with Crippen molar-refractivity contribution in [2.24, 2.45) is 11.7 Å². The van der Waals surface area contributed by atoms with Gasteiger partial charge in [-0.05, 0) is 24.1 Å². The van der Waals surface area contributed by atoms with E-state index < -0.39 is 36.2 Å². The highest BCUT2D eigenvalue weighted by atomic mass is 19.4. The summed E-state index contributed by atoms with van der Waals surface area (Å²) in [5.41, 5.74) is 4.57. The molecule has 0 aliphatic rings. The Kier molecular flexibility index (Phi) is 5.54. The van der Waals surface area contributed by atoms with Crippen molar-refractivity contribution in [3.63, 3.8) is 0 Å². The van der Waals surface area contributed by atoms with Crippen molar-refractivity contribution >= 4 is 17.6 Å². The fourth-order valence-corrected chi connectivity index (χ4v) is 1.75. The van der Waals surface area contributed by atoms with Crippen LogP contribution in [0, 0.1) is 5.92 Å². The first-order valence-corrected chi connectivity index (χ1v) is 6.50. The number of rotatable bonds is 5. The number of carbonyl (C=O) groups excluding carboxylic acids is 1. The second kappa shape index (κ2) is 6.78. The number of hydrogen-bond donors (Lipinski definition) is 2. The second-order valence-corrected chi connectivity index (χ2v) is 5.14. The summed E-state index contributed by atoms with van der Waals surface area (Å²) < 4.78 is 38.2. The fourth-order valence-electron chi connectivity index (χ4n) is 1.75. The van der Waals surface area contributed by atoms with E-state index in [4.69, 9.17) is 10.8 Å². The van der Waals surface area contributed by atoms with Gasteiger partial charge in [0.05, 0.1) is 11.6 Å². The van der Waals surface area contributed by atoms with Crippen LogP contribution in [0.4, 0.5) is 18.9 Å². The van der Waals surface area contributed by atoms with Gasteiger partial charge < -0.3 is 10.8 Å². The van der Waals surface area contributed by atoms with E-state index in [0.29, 0.717) is 0 Å². The van der Waals surface area contributed by atoms with E-state index >= 15 is 0 Å². The molecular weight excluding hydrogens is 301 g/mol. The molecule has 1 atom stereocenters. The molecule has 0 bridgehead atoms. The van der Waals surface area contributed by atoms with Crippen LogP contribution in [0.1, 0.15) is 19.4 Å². The van der Waals surface area contributed by atoms with Crippen molar-refractivity contribution in [1.82, 2.24) is 0 Å². The molecule has 0 fully saturated rings. The Morgan fingerprint density at radius 2 is 1.91 bits per heavy atom. The Bertz CT molecular complexity index is 559. The predicted molar refractivity (Wildman–Crippen MR) is 74.2 cm³/mol. The number of nitrogens with zero attached hydrogens (tertiary/aromatic N) is 1. The highest BCUT2D eigenvalue weighted by Crippen LogP contribution is 2.31. The molecule has 0 saturated carbocycles. The summed E-state index contributed by atoms with van der Waals surface area (Å²) in [5, 5.41) is 8.89. The van der Waals surface area contributed by atoms with Gasteiger partial charge in [-0.25, -0.2) is 0 Å². The van der Waals surface area contributed by atoms with Crippen molar-refractivity contribution in [2.45, 2.75) is 26.1 Å². The monoisotopic (exact) mass is 318 g/mol. The van der Waals surface area contributed by atoms with Crippen LogP contribution in [0.5, 0.6) is 0 Å². The van der Waals surface area contributed by atoms with E-state index in [1.54, 1.807) is 13.8 Å². The third-order valence-electron chi connectivity index (χ3n) is 3.05. The van der Waals surface area contributed by atoms with E-state index in [1.165, 1.54) is 6.07 Å². The average Bonchev–Trinajstić information content (AvgIpc) is 2.42. The van der Waals surface area contributed by atoms with Gasteiger partial charge >= 0.3 is 12.1 Å². The molecule has 8 heteroatoms. The summed E-state index contributed by atoms with van der Waals surface area (Å²) in [6.45, 7) is 2.56. The minimum atomic E-state index is -4.59. The highest BCUT2D eigenvalue weighted by molar-refractivity contribution is 6.00. The predicted octanol–water partition coefficient (Wildman–Crippen LogP) is 2.11. The SMILES string of the molecule is CC(C)[C@H](N)C(=O)N(CC(=O)O)c1cccc(C(F)(F)F)c1. The summed E-state index contributed by atoms with van der Waals surface area (Å²) in [6, 6.07) is 2.92. The minimum Gasteiger partial charge on any atom is -0.480 e. The third-order valence-corrected chi connectivity index (χ3v) is 3.05. The zero-order chi connectivity index (χ0) is 17.1. The van der Waals surface area contributed by atoms with Crippen LogP contribution in [0.15, 0.2) is 24.3 Å². The number of carboxylic acid groups (broad SMARTS) is 1. The molecule has 3 N–H and O–H groups in total. The van der Waals surface area contributed by atoms with Crippen molar-refractivity contribution in [3.8, 4) is 0 Å². The van der Waals surface area contributed by atoms with Gasteiger partial charge in [0, 0.05) is 5.69 Å². The summed E-state index contributed by atoms with van der Waals surface area (Å²) in [7, 11) is 0. The molecule has 1 aromatic rings. The lowest BCUT2D eigenvalue weighted by Crippen LogP contribution is -2.48. The number of aliphatic carboxylic acids is 1. The Morgan fingerprint density at radius 3 is 2.36 bits per heavy atom. The van der Waals surface area contributed by atoms with Crippen LogP contribution < -0.4 is 10.6 Å². The maximum atomic E-state index is 12.7. The van der Waals surface area contributed by atoms with Crippen LogP contribution >= 0.6 is 0 Å². The molecule has 0 radical (unpaired) electrons. The van der Waals surface area contributed by atoms with Gasteiger partial charge in [0.2, 0.25) is 5.91 Å². The molecule has 0 spiro atoms. The molecule has 1 rings (SSSR count). The quantitative estimate of drug-likeness (QED) is 0.871. The Balaban J connectivity index is 3.23. The third kappa shape index (κ3) is 4.45. The van der Waals surface area contributed by atoms with E-state index in [0.717, 1.165) is 23.1 Å². The molecule has 0 heterocycles. The number of hydrogen-bond acceptors (Lipinski definition) is 3. The molecule has 5 nitrogen and oxygen atoms in total. The molecular formula is C14H17F3N2O3. The second-order valence-electron chi connectivity index (χ2n) is 5.14. The van der Waals surface area contributed by atoms with Crippen LogP contribution in [-0.2, 0) is 15.8 Å². The number of anilines is 1. The van der Waals surface area contributed by atoms with Crippen molar-refractivity contribution in [1.29, 1.82) is 0 Å². The molecule has 0 unspecified atom stereocenters. The number of halogens is 3. The Morgan fingerprint density at radius 1 is 1.32 bits per heavy atom. The topological polar surface area (TPSA) is 83.6 Å². The average molecular weight is 318 g/mol. The van der Waals surface area contributed by atoms with E-state index in [1.807, 2.05) is 0 Å². The van der Waals surface area contributed by atoms with E-state index in [2.05, 4.69) is 0 Å². The van der Waals surface area contributed by atoms with Crippen LogP contribution in [-0.4, -0.2) is 29.6 Å². The van der Waals surface area contributed by atoms with Crippen LogP contribution in [0.2, 0.25) is 0 Å². The molecule has 0 aromatic heterocycles. The Labute approximate surface area is 125 Å². The number of alkyl halides is 3. The van der Waals surface area contributed by atoms with Gasteiger partial charge in [-0.15, -0.1) is 0 Å². The highest BCUT2D eigenvalue weighted by Gasteiger charge is 2.32. The maximum absolute atomic E-state index is 12.7. The molecule has 122 valence electrons. The number of nitrogens with two attached hydrogens (primary N) is 1. The lowest BCUT2D eigenvalue weighted by Gasteiger charge is -2.26. The molecule has 0 aliphatic carbocycles. The fraction of sp³-hybridized carbons (Fsp3) is 0.429. The smallest absolute Gasteiger partial charge is 0.416 e. The summed E-state index contributed by atoms with van der Waals surface area (Å²) in [6.07, 6.45) is -4.59. The van der Waals surface area contributed by atoms with Gasteiger partial charge in [-0.2, -0.15) is 13.2 Å². The summed E-state index contributed by atoms with van der Waals surface area (Å²) >= 11 is 0. The molecule has 1 aromatic carbocycles. The Hall–Kier alpha value is -2.09. The lowest BCUT2D eigenvalue weighted by molar-refractivity contribution is -0.137. The standard InChI is InChI=1S/C14H17F3N2O3/c1-8(2)12(18)13(22)19(7-11(20)21)10-5-3-4-9(6-10)14(15,16)17/h3-6,8,12H,7,18H2,1-2H3,(H,20,21)/t12-/m0/s1. The first-order chi connectivity index (χ1) is 10.0. The first kappa shape index (κ1) is 18.0. The number of amides is 1. The lowest BCUT2D eigenvalue weighted by atomic mass is 10.0. The molecule has 22 heavy (non-hydrogen) atoms. The zero-order valence-electron chi connectivity index (χ0n) is 12.1. The molecule has 0 saturated heterocycles. The molecule has 1 amide bonds. The largest absolute Gasteiger partial charge is 0.480 e. The van der Waals surface area contributed by atoms with Crippen molar-refractivity contribution in [3.05, 3.63) is 29.8 Å². The number of carbonyl (C=O) groups is 2.